The zero-order chi connectivity index (χ0) is 17.5. The van der Waals surface area contributed by atoms with E-state index in [9.17, 15) is 4.79 Å². The first-order valence-electron chi connectivity index (χ1n) is 7.41. The van der Waals surface area contributed by atoms with Crippen LogP contribution >= 0.6 is 11.8 Å². The Morgan fingerprint density at radius 1 is 1.28 bits per heavy atom. The first-order valence-corrected chi connectivity index (χ1v) is 8.39. The average molecular weight is 361 g/mol. The molecule has 0 atom stereocenters. The standard InChI is InChI=1S/C15H15N5O4S/c1-10-14(20-24-19-10)22-8-7-16-13(21)12-4-3-11(23-12)9-25-15-17-5-2-6-18-15/h2-6H,7-9H2,1H3,(H,16,21). The lowest BCUT2D eigenvalue weighted by molar-refractivity contribution is 0.0917. The summed E-state index contributed by atoms with van der Waals surface area (Å²) in [7, 11) is 0. The predicted octanol–water partition coefficient (Wildman–Crippen LogP) is 1.86. The summed E-state index contributed by atoms with van der Waals surface area (Å²) in [5.41, 5.74) is 0.557. The van der Waals surface area contributed by atoms with Crippen molar-refractivity contribution in [3.05, 3.63) is 47.8 Å². The van der Waals surface area contributed by atoms with E-state index < -0.39 is 0 Å². The van der Waals surface area contributed by atoms with Crippen molar-refractivity contribution in [2.45, 2.75) is 17.8 Å². The Bertz CT molecular complexity index is 820. The fourth-order valence-electron chi connectivity index (χ4n) is 1.83. The molecule has 0 bridgehead atoms. The highest BCUT2D eigenvalue weighted by Gasteiger charge is 2.12. The number of carbonyl (C=O) groups excluding carboxylic acids is 1. The molecule has 0 fully saturated rings. The minimum Gasteiger partial charge on any atom is -0.472 e. The molecule has 130 valence electrons. The van der Waals surface area contributed by atoms with Gasteiger partial charge in [-0.2, -0.15) is 0 Å². The van der Waals surface area contributed by atoms with Crippen molar-refractivity contribution in [1.29, 1.82) is 0 Å². The zero-order valence-corrected chi connectivity index (χ0v) is 14.2. The second kappa shape index (κ2) is 8.29. The molecule has 25 heavy (non-hydrogen) atoms. The Labute approximate surface area is 147 Å². The molecule has 3 rings (SSSR count). The van der Waals surface area contributed by atoms with Gasteiger partial charge in [-0.05, 0) is 30.3 Å². The van der Waals surface area contributed by atoms with E-state index in [0.29, 0.717) is 34.8 Å². The van der Waals surface area contributed by atoms with E-state index in [0.717, 1.165) is 0 Å². The third-order valence-electron chi connectivity index (χ3n) is 3.01. The number of rotatable bonds is 8. The summed E-state index contributed by atoms with van der Waals surface area (Å²) in [6.45, 7) is 2.26. The number of carbonyl (C=O) groups is 1. The highest BCUT2D eigenvalue weighted by Crippen LogP contribution is 2.20. The molecule has 9 nitrogen and oxygen atoms in total. The Morgan fingerprint density at radius 2 is 2.12 bits per heavy atom. The number of hydrogen-bond donors (Lipinski definition) is 1. The van der Waals surface area contributed by atoms with Crippen LogP contribution in [-0.2, 0) is 5.75 Å². The van der Waals surface area contributed by atoms with Crippen LogP contribution in [0.5, 0.6) is 5.88 Å². The summed E-state index contributed by atoms with van der Waals surface area (Å²) >= 11 is 1.43. The Balaban J connectivity index is 1.42. The molecule has 0 aliphatic carbocycles. The van der Waals surface area contributed by atoms with E-state index in [2.05, 4.69) is 30.2 Å². The van der Waals surface area contributed by atoms with E-state index in [4.69, 9.17) is 9.15 Å². The number of furan rings is 1. The number of thioether (sulfide) groups is 1. The second-order valence-corrected chi connectivity index (χ2v) is 5.79. The minimum absolute atomic E-state index is 0.240. The van der Waals surface area contributed by atoms with Crippen LogP contribution in [0, 0.1) is 6.92 Å². The summed E-state index contributed by atoms with van der Waals surface area (Å²) < 4.78 is 15.4. The van der Waals surface area contributed by atoms with Gasteiger partial charge in [0.15, 0.2) is 10.9 Å². The van der Waals surface area contributed by atoms with Gasteiger partial charge < -0.3 is 14.5 Å². The Hall–Kier alpha value is -2.88. The molecular weight excluding hydrogens is 346 g/mol. The summed E-state index contributed by atoms with van der Waals surface area (Å²) in [5, 5.41) is 10.5. The normalized spacial score (nSPS) is 10.6. The molecule has 0 aliphatic heterocycles. The molecule has 3 aromatic rings. The van der Waals surface area contributed by atoms with Gasteiger partial charge in [-0.3, -0.25) is 4.79 Å². The number of amides is 1. The van der Waals surface area contributed by atoms with E-state index in [1.807, 2.05) is 0 Å². The average Bonchev–Trinajstić information content (AvgIpc) is 3.27. The highest BCUT2D eigenvalue weighted by atomic mass is 32.2. The molecule has 0 aliphatic rings. The first kappa shape index (κ1) is 17.0. The molecule has 3 aromatic heterocycles. The molecule has 0 saturated heterocycles. The van der Waals surface area contributed by atoms with Crippen LogP contribution < -0.4 is 10.1 Å². The van der Waals surface area contributed by atoms with Crippen LogP contribution in [-0.4, -0.2) is 39.3 Å². The molecule has 1 amide bonds. The lowest BCUT2D eigenvalue weighted by Crippen LogP contribution is -2.27. The quantitative estimate of drug-likeness (QED) is 0.364. The van der Waals surface area contributed by atoms with Gasteiger partial charge in [0, 0.05) is 12.4 Å². The van der Waals surface area contributed by atoms with Gasteiger partial charge in [0.1, 0.15) is 18.1 Å². The largest absolute Gasteiger partial charge is 0.472 e. The number of aromatic nitrogens is 4. The maximum absolute atomic E-state index is 12.0. The summed E-state index contributed by atoms with van der Waals surface area (Å²) in [4.78, 5) is 20.2. The number of hydrogen-bond acceptors (Lipinski definition) is 9. The van der Waals surface area contributed by atoms with Gasteiger partial charge in [-0.25, -0.2) is 14.6 Å². The topological polar surface area (TPSA) is 116 Å². The smallest absolute Gasteiger partial charge is 0.287 e. The molecule has 0 spiro atoms. The monoisotopic (exact) mass is 361 g/mol. The van der Waals surface area contributed by atoms with Gasteiger partial charge >= 0.3 is 0 Å². The van der Waals surface area contributed by atoms with Crippen molar-refractivity contribution in [2.24, 2.45) is 0 Å². The van der Waals surface area contributed by atoms with Gasteiger partial charge in [0.05, 0.1) is 12.3 Å². The lowest BCUT2D eigenvalue weighted by atomic mass is 10.4. The van der Waals surface area contributed by atoms with E-state index in [-0.39, 0.29) is 18.3 Å². The van der Waals surface area contributed by atoms with Crippen LogP contribution in [0.15, 0.2) is 44.8 Å². The zero-order valence-electron chi connectivity index (χ0n) is 13.3. The SMILES string of the molecule is Cc1nonc1OCCNC(=O)c1ccc(CSc2ncccn2)o1. The predicted molar refractivity (Wildman–Crippen MR) is 87.2 cm³/mol. The maximum atomic E-state index is 12.0. The Morgan fingerprint density at radius 3 is 2.88 bits per heavy atom. The van der Waals surface area contributed by atoms with E-state index in [1.165, 1.54) is 11.8 Å². The van der Waals surface area contributed by atoms with Gasteiger partial charge in [-0.1, -0.05) is 16.9 Å². The Kier molecular flexibility index (Phi) is 5.62. The third kappa shape index (κ3) is 4.80. The van der Waals surface area contributed by atoms with Crippen molar-refractivity contribution < 1.29 is 18.6 Å². The van der Waals surface area contributed by atoms with Crippen LogP contribution in [0.1, 0.15) is 22.0 Å². The van der Waals surface area contributed by atoms with Crippen LogP contribution in [0.3, 0.4) is 0 Å². The van der Waals surface area contributed by atoms with Gasteiger partial charge in [0.2, 0.25) is 0 Å². The molecule has 1 N–H and O–H groups in total. The maximum Gasteiger partial charge on any atom is 0.287 e. The molecular formula is C15H15N5O4S. The van der Waals surface area contributed by atoms with Crippen molar-refractivity contribution in [2.75, 3.05) is 13.2 Å². The molecule has 0 saturated carbocycles. The third-order valence-corrected chi connectivity index (χ3v) is 3.91. The number of aryl methyl sites for hydroxylation is 1. The summed E-state index contributed by atoms with van der Waals surface area (Å²) in [5.74, 6) is 1.45. The fourth-order valence-corrected chi connectivity index (χ4v) is 2.52. The molecule has 0 aromatic carbocycles. The van der Waals surface area contributed by atoms with Crippen molar-refractivity contribution in [3.8, 4) is 5.88 Å². The highest BCUT2D eigenvalue weighted by molar-refractivity contribution is 7.98. The van der Waals surface area contributed by atoms with Crippen molar-refractivity contribution in [3.63, 3.8) is 0 Å². The lowest BCUT2D eigenvalue weighted by Gasteiger charge is -2.04. The van der Waals surface area contributed by atoms with Gasteiger partial charge in [0.25, 0.3) is 11.8 Å². The molecule has 0 unspecified atom stereocenters. The van der Waals surface area contributed by atoms with Crippen molar-refractivity contribution in [1.82, 2.24) is 25.6 Å². The van der Waals surface area contributed by atoms with E-state index in [1.54, 1.807) is 37.5 Å². The van der Waals surface area contributed by atoms with E-state index >= 15 is 0 Å². The second-order valence-electron chi connectivity index (χ2n) is 4.85. The van der Waals surface area contributed by atoms with Crippen LogP contribution in [0.4, 0.5) is 0 Å². The number of nitrogens with zero attached hydrogens (tertiary/aromatic N) is 4. The van der Waals surface area contributed by atoms with Gasteiger partial charge in [-0.15, -0.1) is 0 Å². The summed E-state index contributed by atoms with van der Waals surface area (Å²) in [6.07, 6.45) is 3.35. The number of nitrogens with one attached hydrogen (secondary N) is 1. The van der Waals surface area contributed by atoms with Crippen LogP contribution in [0.25, 0.3) is 0 Å². The molecule has 0 radical (unpaired) electrons. The summed E-state index contributed by atoms with van der Waals surface area (Å²) in [6, 6.07) is 5.14. The minimum atomic E-state index is -0.314. The van der Waals surface area contributed by atoms with Crippen molar-refractivity contribution >= 4 is 17.7 Å². The fraction of sp³-hybridized carbons (Fsp3) is 0.267. The molecule has 3 heterocycles. The molecule has 10 heteroatoms. The van der Waals surface area contributed by atoms with Crippen LogP contribution in [0.2, 0.25) is 0 Å². The number of ether oxygens (including phenoxy) is 1. The first-order chi connectivity index (χ1) is 12.2.